The monoisotopic (exact) mass is 546 g/mol. The van der Waals surface area contributed by atoms with E-state index in [1.54, 1.807) is 41.3 Å². The summed E-state index contributed by atoms with van der Waals surface area (Å²) >= 11 is 13.9. The van der Waals surface area contributed by atoms with E-state index < -0.39 is 0 Å². The topological polar surface area (TPSA) is 85.6 Å². The number of nitrogens with zero attached hydrogens (tertiary/aromatic N) is 5. The molecule has 10 heteroatoms. The van der Waals surface area contributed by atoms with Crippen LogP contribution in [0.2, 0.25) is 10.0 Å². The molecule has 0 aliphatic rings. The van der Waals surface area contributed by atoms with Crippen LogP contribution in [0.4, 0.5) is 0 Å². The largest absolute Gasteiger partial charge is 0.340 e. The predicted octanol–water partition coefficient (Wildman–Crippen LogP) is 6.18. The van der Waals surface area contributed by atoms with Crippen LogP contribution in [-0.4, -0.2) is 30.9 Å². The molecule has 37 heavy (non-hydrogen) atoms. The Bertz CT molecular complexity index is 1440. The SMILES string of the molecule is O=C(NC(c1ccccc1)c1ccccc1)c1nnn(-c2cc(Cl)cc(Cl)c2)c1CSc1ncccn1. The fourth-order valence-electron chi connectivity index (χ4n) is 3.82. The number of thioether (sulfide) groups is 1. The van der Waals surface area contributed by atoms with Crippen LogP contribution >= 0.6 is 35.0 Å². The number of carbonyl (C=O) groups excluding carboxylic acids is 1. The molecule has 0 aliphatic carbocycles. The van der Waals surface area contributed by atoms with Crippen molar-refractivity contribution < 1.29 is 4.79 Å². The Hall–Kier alpha value is -3.72. The molecule has 2 heterocycles. The number of rotatable bonds is 8. The Morgan fingerprint density at radius 1 is 0.865 bits per heavy atom. The summed E-state index contributed by atoms with van der Waals surface area (Å²) in [4.78, 5) is 22.2. The maximum Gasteiger partial charge on any atom is 0.274 e. The molecule has 0 fully saturated rings. The first kappa shape index (κ1) is 25.0. The van der Waals surface area contributed by atoms with Crippen molar-refractivity contribution in [2.45, 2.75) is 17.0 Å². The molecule has 0 radical (unpaired) electrons. The summed E-state index contributed by atoms with van der Waals surface area (Å²) in [5.41, 5.74) is 3.25. The molecule has 184 valence electrons. The van der Waals surface area contributed by atoms with Crippen molar-refractivity contribution in [3.8, 4) is 5.69 Å². The number of aromatic nitrogens is 5. The summed E-state index contributed by atoms with van der Waals surface area (Å²) < 4.78 is 1.57. The maximum atomic E-state index is 13.7. The van der Waals surface area contributed by atoms with E-state index >= 15 is 0 Å². The van der Waals surface area contributed by atoms with E-state index in [0.717, 1.165) is 11.1 Å². The summed E-state index contributed by atoms with van der Waals surface area (Å²) in [6.45, 7) is 0. The first-order valence-corrected chi connectivity index (χ1v) is 13.0. The average molecular weight is 547 g/mol. The van der Waals surface area contributed by atoms with Gasteiger partial charge < -0.3 is 5.32 Å². The second kappa shape index (κ2) is 11.6. The van der Waals surface area contributed by atoms with E-state index in [2.05, 4.69) is 25.6 Å². The molecule has 1 N–H and O–H groups in total. The van der Waals surface area contributed by atoms with Crippen LogP contribution in [0, 0.1) is 0 Å². The summed E-state index contributed by atoms with van der Waals surface area (Å²) in [5.74, 6) is -0.0210. The lowest BCUT2D eigenvalue weighted by Crippen LogP contribution is -2.30. The van der Waals surface area contributed by atoms with Crippen LogP contribution < -0.4 is 5.32 Å². The van der Waals surface area contributed by atoms with Gasteiger partial charge in [-0.3, -0.25) is 4.79 Å². The van der Waals surface area contributed by atoms with Gasteiger partial charge in [-0.2, -0.15) is 0 Å². The molecule has 3 aromatic carbocycles. The zero-order valence-corrected chi connectivity index (χ0v) is 21.7. The molecule has 0 atom stereocenters. The van der Waals surface area contributed by atoms with Gasteiger partial charge in [0.1, 0.15) is 0 Å². The van der Waals surface area contributed by atoms with Crippen LogP contribution in [0.1, 0.15) is 33.4 Å². The number of hydrogen-bond acceptors (Lipinski definition) is 6. The normalized spacial score (nSPS) is 11.0. The third kappa shape index (κ3) is 5.99. The lowest BCUT2D eigenvalue weighted by Gasteiger charge is -2.19. The van der Waals surface area contributed by atoms with Crippen LogP contribution in [0.25, 0.3) is 5.69 Å². The number of hydrogen-bond donors (Lipinski definition) is 1. The van der Waals surface area contributed by atoms with Gasteiger partial charge in [-0.15, -0.1) is 5.10 Å². The zero-order chi connectivity index (χ0) is 25.6. The minimum atomic E-state index is -0.376. The number of halogens is 2. The van der Waals surface area contributed by atoms with Crippen molar-refractivity contribution in [2.24, 2.45) is 0 Å². The fraction of sp³-hybridized carbons (Fsp3) is 0.0741. The van der Waals surface area contributed by atoms with Crippen molar-refractivity contribution in [2.75, 3.05) is 0 Å². The lowest BCUT2D eigenvalue weighted by atomic mass is 9.98. The molecule has 7 nitrogen and oxygen atoms in total. The van der Waals surface area contributed by atoms with E-state index in [9.17, 15) is 4.79 Å². The average Bonchev–Trinajstić information content (AvgIpc) is 3.36. The Labute approximate surface area is 227 Å². The lowest BCUT2D eigenvalue weighted by molar-refractivity contribution is 0.0937. The van der Waals surface area contributed by atoms with Crippen molar-refractivity contribution >= 4 is 40.9 Å². The fourth-order valence-corrected chi connectivity index (χ4v) is 5.13. The van der Waals surface area contributed by atoms with Gasteiger partial charge in [-0.05, 0) is 35.4 Å². The van der Waals surface area contributed by atoms with Gasteiger partial charge >= 0.3 is 0 Å². The summed E-state index contributed by atoms with van der Waals surface area (Å²) in [5, 5.41) is 13.2. The maximum absolute atomic E-state index is 13.7. The van der Waals surface area contributed by atoms with Gasteiger partial charge in [0, 0.05) is 28.2 Å². The summed E-state index contributed by atoms with van der Waals surface area (Å²) in [6.07, 6.45) is 3.33. The van der Waals surface area contributed by atoms with Crippen LogP contribution in [0.5, 0.6) is 0 Å². The Morgan fingerprint density at radius 3 is 2.05 bits per heavy atom. The molecular formula is C27H20Cl2N6OS. The van der Waals surface area contributed by atoms with Gasteiger partial charge in [0.2, 0.25) is 0 Å². The smallest absolute Gasteiger partial charge is 0.274 e. The standard InChI is InChI=1S/C27H20Cl2N6OS/c28-20-14-21(29)16-22(15-20)35-23(17-37-27-30-12-7-13-31-27)25(33-34-35)26(36)32-24(18-8-3-1-4-9-18)19-10-5-2-6-11-19/h1-16,24H,17H2,(H,32,36). The molecule has 5 aromatic rings. The third-order valence-electron chi connectivity index (χ3n) is 5.49. The van der Waals surface area contributed by atoms with Gasteiger partial charge in [0.15, 0.2) is 10.9 Å². The molecule has 5 rings (SSSR count). The number of benzene rings is 3. The van der Waals surface area contributed by atoms with E-state index in [0.29, 0.717) is 32.3 Å². The molecule has 0 unspecified atom stereocenters. The van der Waals surface area contributed by atoms with Gasteiger partial charge in [-0.1, -0.05) is 101 Å². The predicted molar refractivity (Wildman–Crippen MR) is 145 cm³/mol. The van der Waals surface area contributed by atoms with Crippen LogP contribution in [0.3, 0.4) is 0 Å². The zero-order valence-electron chi connectivity index (χ0n) is 19.3. The van der Waals surface area contributed by atoms with Crippen molar-refractivity contribution in [1.29, 1.82) is 0 Å². The highest BCUT2D eigenvalue weighted by Crippen LogP contribution is 2.28. The molecule has 1 amide bonds. The molecule has 0 saturated carbocycles. The molecular weight excluding hydrogens is 527 g/mol. The number of nitrogens with one attached hydrogen (secondary N) is 1. The van der Waals surface area contributed by atoms with Crippen LogP contribution in [0.15, 0.2) is 102 Å². The summed E-state index contributed by atoms with van der Waals surface area (Å²) in [7, 11) is 0. The van der Waals surface area contributed by atoms with Gasteiger partial charge in [0.25, 0.3) is 5.91 Å². The third-order valence-corrected chi connectivity index (χ3v) is 6.81. The van der Waals surface area contributed by atoms with E-state index in [4.69, 9.17) is 23.2 Å². The first-order valence-electron chi connectivity index (χ1n) is 11.3. The first-order chi connectivity index (χ1) is 18.1. The van der Waals surface area contributed by atoms with E-state index in [1.807, 2.05) is 60.7 Å². The summed E-state index contributed by atoms with van der Waals surface area (Å²) in [6, 6.07) is 26.0. The quantitative estimate of drug-likeness (QED) is 0.185. The molecule has 0 saturated heterocycles. The van der Waals surface area contributed by atoms with Gasteiger partial charge in [0.05, 0.1) is 17.4 Å². The van der Waals surface area contributed by atoms with Gasteiger partial charge in [-0.25, -0.2) is 14.6 Å². The highest BCUT2D eigenvalue weighted by Gasteiger charge is 2.25. The van der Waals surface area contributed by atoms with E-state index in [-0.39, 0.29) is 17.6 Å². The molecule has 0 bridgehead atoms. The van der Waals surface area contributed by atoms with Crippen molar-refractivity contribution in [3.05, 3.63) is 130 Å². The minimum Gasteiger partial charge on any atom is -0.340 e. The molecule has 0 spiro atoms. The van der Waals surface area contributed by atoms with E-state index in [1.165, 1.54) is 11.8 Å². The Morgan fingerprint density at radius 2 is 1.46 bits per heavy atom. The second-order valence-electron chi connectivity index (χ2n) is 7.97. The van der Waals surface area contributed by atoms with Crippen molar-refractivity contribution in [3.63, 3.8) is 0 Å². The van der Waals surface area contributed by atoms with Crippen LogP contribution in [-0.2, 0) is 5.75 Å². The molecule has 0 aliphatic heterocycles. The number of carbonyl (C=O) groups is 1. The Balaban J connectivity index is 1.52. The Kier molecular flexibility index (Phi) is 7.79. The minimum absolute atomic E-state index is 0.191. The highest BCUT2D eigenvalue weighted by atomic mass is 35.5. The second-order valence-corrected chi connectivity index (χ2v) is 9.79. The number of amides is 1. The highest BCUT2D eigenvalue weighted by molar-refractivity contribution is 7.98. The van der Waals surface area contributed by atoms with Crippen molar-refractivity contribution in [1.82, 2.24) is 30.3 Å². The molecule has 2 aromatic heterocycles.